The Morgan fingerprint density at radius 3 is 2.24 bits per heavy atom. The maximum absolute atomic E-state index is 11.5. The number of nitrogens with one attached hydrogen (secondary N) is 1. The van der Waals surface area contributed by atoms with E-state index in [0.29, 0.717) is 0 Å². The zero-order valence-electron chi connectivity index (χ0n) is 9.90. The lowest BCUT2D eigenvalue weighted by atomic mass is 10.1. The normalized spacial score (nSPS) is 10.9. The van der Waals surface area contributed by atoms with Crippen LogP contribution in [0.4, 0.5) is 4.79 Å². The van der Waals surface area contributed by atoms with Crippen LogP contribution in [-0.2, 0) is 9.59 Å². The summed E-state index contributed by atoms with van der Waals surface area (Å²) in [5.74, 6) is 0.282. The third kappa shape index (κ3) is 4.38. The molecule has 0 aromatic carbocycles. The smallest absolute Gasteiger partial charge is 0.331 e. The Morgan fingerprint density at radius 1 is 1.29 bits per heavy atom. The molecule has 0 saturated carbocycles. The van der Waals surface area contributed by atoms with Gasteiger partial charge in [0.2, 0.25) is 0 Å². The fourth-order valence-electron chi connectivity index (χ4n) is 0.826. The number of hydrogen-bond donors (Lipinski definition) is 2. The van der Waals surface area contributed by atoms with Crippen molar-refractivity contribution in [3.05, 3.63) is 11.1 Å². The van der Waals surface area contributed by atoms with Gasteiger partial charge in [0.25, 0.3) is 5.91 Å². The number of rotatable bonds is 3. The minimum absolute atomic E-state index is 0.0278. The third-order valence-corrected chi connectivity index (χ3v) is 2.12. The molecule has 0 fully saturated rings. The summed E-state index contributed by atoms with van der Waals surface area (Å²) in [6.45, 7) is 2.67. The molecule has 2 N–H and O–H groups in total. The van der Waals surface area contributed by atoms with E-state index >= 15 is 0 Å². The molecule has 6 heteroatoms. The van der Waals surface area contributed by atoms with Gasteiger partial charge in [-0.15, -0.1) is 6.42 Å². The molecule has 0 aromatic heterocycles. The van der Waals surface area contributed by atoms with E-state index in [0.717, 1.165) is 4.90 Å². The number of terminal acetylenes is 1. The summed E-state index contributed by atoms with van der Waals surface area (Å²) in [5, 5.41) is 10.7. The number of carbonyl (C=O) groups is 3. The van der Waals surface area contributed by atoms with Gasteiger partial charge in [-0.05, 0) is 13.8 Å². The lowest BCUT2D eigenvalue weighted by Gasteiger charge is -2.14. The predicted octanol–water partition coefficient (Wildman–Crippen LogP) is 0.209. The molecule has 0 aliphatic heterocycles. The average molecular weight is 238 g/mol. The zero-order chi connectivity index (χ0) is 13.6. The highest BCUT2D eigenvalue weighted by Crippen LogP contribution is 2.03. The van der Waals surface area contributed by atoms with Crippen molar-refractivity contribution >= 4 is 17.9 Å². The Bertz CT molecular complexity index is 418. The van der Waals surface area contributed by atoms with E-state index < -0.39 is 17.9 Å². The van der Waals surface area contributed by atoms with Crippen molar-refractivity contribution in [1.29, 1.82) is 0 Å². The van der Waals surface area contributed by atoms with Crippen molar-refractivity contribution in [2.24, 2.45) is 0 Å². The van der Waals surface area contributed by atoms with Gasteiger partial charge in [-0.1, -0.05) is 5.92 Å². The molecule has 0 rings (SSSR count). The third-order valence-electron chi connectivity index (χ3n) is 2.12. The fraction of sp³-hybridized carbons (Fsp3) is 0.364. The van der Waals surface area contributed by atoms with Crippen LogP contribution in [-0.4, -0.2) is 41.5 Å². The van der Waals surface area contributed by atoms with Gasteiger partial charge in [0, 0.05) is 18.2 Å². The first-order valence-electron chi connectivity index (χ1n) is 4.72. The molecule has 17 heavy (non-hydrogen) atoms. The van der Waals surface area contributed by atoms with Gasteiger partial charge < -0.3 is 10.0 Å². The Labute approximate surface area is 99.3 Å². The molecule has 0 aliphatic rings. The molecule has 0 aromatic rings. The van der Waals surface area contributed by atoms with Crippen molar-refractivity contribution in [3.63, 3.8) is 0 Å². The number of carbonyl (C=O) groups excluding carboxylic acids is 2. The largest absolute Gasteiger partial charge is 0.478 e. The maximum atomic E-state index is 11.5. The summed E-state index contributed by atoms with van der Waals surface area (Å²) >= 11 is 0. The molecule has 0 atom stereocenters. The molecule has 0 radical (unpaired) electrons. The van der Waals surface area contributed by atoms with Gasteiger partial charge in [-0.3, -0.25) is 10.1 Å². The van der Waals surface area contributed by atoms with Crippen LogP contribution in [0.2, 0.25) is 0 Å². The highest BCUT2D eigenvalue weighted by Gasteiger charge is 2.16. The number of nitrogens with zero attached hydrogens (tertiary/aromatic N) is 1. The summed E-state index contributed by atoms with van der Waals surface area (Å²) in [4.78, 5) is 34.6. The second-order valence-corrected chi connectivity index (χ2v) is 3.37. The predicted molar refractivity (Wildman–Crippen MR) is 61.0 cm³/mol. The van der Waals surface area contributed by atoms with Crippen molar-refractivity contribution in [3.8, 4) is 12.3 Å². The molecular formula is C11H14N2O4. The van der Waals surface area contributed by atoms with Gasteiger partial charge in [0.15, 0.2) is 0 Å². The second-order valence-electron chi connectivity index (χ2n) is 3.37. The molecule has 0 spiro atoms. The number of carboxylic acid groups (broad SMARTS) is 1. The van der Waals surface area contributed by atoms with E-state index in [4.69, 9.17) is 11.5 Å². The number of hydrogen-bond acceptors (Lipinski definition) is 3. The molecule has 6 nitrogen and oxygen atoms in total. The number of carboxylic acids is 1. The number of urea groups is 1. The van der Waals surface area contributed by atoms with Crippen LogP contribution >= 0.6 is 0 Å². The molecule has 0 unspecified atom stereocenters. The van der Waals surface area contributed by atoms with E-state index in [-0.39, 0.29) is 17.7 Å². The van der Waals surface area contributed by atoms with Crippen LogP contribution in [0.25, 0.3) is 0 Å². The first kappa shape index (κ1) is 14.7. The Balaban J connectivity index is 4.68. The lowest BCUT2D eigenvalue weighted by Crippen LogP contribution is -2.41. The minimum Gasteiger partial charge on any atom is -0.478 e. The van der Waals surface area contributed by atoms with E-state index in [9.17, 15) is 14.4 Å². The van der Waals surface area contributed by atoms with E-state index in [1.807, 2.05) is 5.32 Å². The van der Waals surface area contributed by atoms with Gasteiger partial charge in [0.05, 0.1) is 6.54 Å². The van der Waals surface area contributed by atoms with Crippen LogP contribution in [0.3, 0.4) is 0 Å². The Kier molecular flexibility index (Phi) is 5.47. The molecule has 0 saturated heterocycles. The number of amides is 3. The van der Waals surface area contributed by atoms with E-state index in [1.54, 1.807) is 0 Å². The first-order chi connectivity index (χ1) is 7.81. The van der Waals surface area contributed by atoms with E-state index in [2.05, 4.69) is 5.92 Å². The van der Waals surface area contributed by atoms with Gasteiger partial charge in [0.1, 0.15) is 0 Å². The number of aliphatic carboxylic acids is 1. The summed E-state index contributed by atoms with van der Waals surface area (Å²) in [7, 11) is 1.42. The van der Waals surface area contributed by atoms with Crippen molar-refractivity contribution in [1.82, 2.24) is 10.2 Å². The zero-order valence-corrected chi connectivity index (χ0v) is 9.90. The Hall–Kier alpha value is -2.29. The molecule has 0 heterocycles. The second kappa shape index (κ2) is 6.33. The highest BCUT2D eigenvalue weighted by atomic mass is 16.4. The highest BCUT2D eigenvalue weighted by molar-refractivity contribution is 6.07. The molecular weight excluding hydrogens is 224 g/mol. The SMILES string of the molecule is C#CCN(C)C(=O)NC(=O)C(C)=C(C)C(=O)O. The molecule has 3 amide bonds. The van der Waals surface area contributed by atoms with Crippen molar-refractivity contribution < 1.29 is 19.5 Å². The van der Waals surface area contributed by atoms with Gasteiger partial charge in [-0.25, -0.2) is 9.59 Å². The molecule has 92 valence electrons. The average Bonchev–Trinajstić information content (AvgIpc) is 2.26. The summed E-state index contributed by atoms with van der Waals surface area (Å²) in [6, 6.07) is -0.675. The lowest BCUT2D eigenvalue weighted by molar-refractivity contribution is -0.133. The maximum Gasteiger partial charge on any atom is 0.331 e. The molecule has 0 bridgehead atoms. The van der Waals surface area contributed by atoms with Gasteiger partial charge in [-0.2, -0.15) is 0 Å². The number of imide groups is 1. The van der Waals surface area contributed by atoms with Gasteiger partial charge >= 0.3 is 12.0 Å². The van der Waals surface area contributed by atoms with Crippen molar-refractivity contribution in [2.75, 3.05) is 13.6 Å². The summed E-state index contributed by atoms with van der Waals surface area (Å²) in [6.07, 6.45) is 5.00. The fourth-order valence-corrected chi connectivity index (χ4v) is 0.826. The van der Waals surface area contributed by atoms with Crippen molar-refractivity contribution in [2.45, 2.75) is 13.8 Å². The standard InChI is InChI=1S/C11H14N2O4/c1-5-6-13(4)11(17)12-9(14)7(2)8(3)10(15)16/h1H,6H2,2-4H3,(H,15,16)(H,12,14,17). The Morgan fingerprint density at radius 2 is 1.82 bits per heavy atom. The minimum atomic E-state index is -1.21. The summed E-state index contributed by atoms with van der Waals surface area (Å²) in [5.41, 5.74) is -0.144. The first-order valence-corrected chi connectivity index (χ1v) is 4.72. The quantitative estimate of drug-likeness (QED) is 0.543. The van der Waals surface area contributed by atoms with Crippen LogP contribution in [0.1, 0.15) is 13.8 Å². The monoisotopic (exact) mass is 238 g/mol. The van der Waals surface area contributed by atoms with Crippen LogP contribution in [0.5, 0.6) is 0 Å². The van der Waals surface area contributed by atoms with Crippen LogP contribution in [0, 0.1) is 12.3 Å². The van der Waals surface area contributed by atoms with E-state index in [1.165, 1.54) is 20.9 Å². The molecule has 0 aliphatic carbocycles. The summed E-state index contributed by atoms with van der Waals surface area (Å²) < 4.78 is 0. The van der Waals surface area contributed by atoms with Crippen LogP contribution in [0.15, 0.2) is 11.1 Å². The van der Waals surface area contributed by atoms with Crippen LogP contribution < -0.4 is 5.32 Å². The topological polar surface area (TPSA) is 86.7 Å².